The second-order valence-corrected chi connectivity index (χ2v) is 5.38. The SMILES string of the molecule is Cc1ccccc1C1(O)CCCC(C)CC1. The molecule has 2 unspecified atom stereocenters. The fraction of sp³-hybridized carbons (Fsp3) is 0.600. The van der Waals surface area contributed by atoms with Gasteiger partial charge < -0.3 is 5.11 Å². The van der Waals surface area contributed by atoms with E-state index >= 15 is 0 Å². The fourth-order valence-corrected chi connectivity index (χ4v) is 2.86. The quantitative estimate of drug-likeness (QED) is 0.711. The van der Waals surface area contributed by atoms with E-state index in [4.69, 9.17) is 0 Å². The molecule has 1 aliphatic rings. The molecule has 0 heterocycles. The van der Waals surface area contributed by atoms with Crippen LogP contribution in [0.25, 0.3) is 0 Å². The first-order valence-corrected chi connectivity index (χ1v) is 6.40. The Morgan fingerprint density at radius 3 is 2.69 bits per heavy atom. The first-order chi connectivity index (χ1) is 7.62. The lowest BCUT2D eigenvalue weighted by atomic mass is 9.84. The molecule has 1 N–H and O–H groups in total. The van der Waals surface area contributed by atoms with Crippen LogP contribution in [0, 0.1) is 12.8 Å². The van der Waals surface area contributed by atoms with Gasteiger partial charge in [0.25, 0.3) is 0 Å². The second kappa shape index (κ2) is 4.58. The van der Waals surface area contributed by atoms with Gasteiger partial charge in [-0.3, -0.25) is 0 Å². The van der Waals surface area contributed by atoms with Crippen LogP contribution in [0.1, 0.15) is 50.2 Å². The van der Waals surface area contributed by atoms with Gasteiger partial charge in [-0.2, -0.15) is 0 Å². The largest absolute Gasteiger partial charge is 0.385 e. The summed E-state index contributed by atoms with van der Waals surface area (Å²) in [5.74, 6) is 0.762. The third kappa shape index (κ3) is 2.30. The third-order valence-electron chi connectivity index (χ3n) is 3.98. The van der Waals surface area contributed by atoms with Crippen LogP contribution in [0.5, 0.6) is 0 Å². The number of hydrogen-bond donors (Lipinski definition) is 1. The number of aliphatic hydroxyl groups is 1. The Morgan fingerprint density at radius 2 is 1.94 bits per heavy atom. The van der Waals surface area contributed by atoms with Crippen LogP contribution >= 0.6 is 0 Å². The van der Waals surface area contributed by atoms with E-state index in [2.05, 4.69) is 26.0 Å². The zero-order valence-corrected chi connectivity index (χ0v) is 10.4. The Labute approximate surface area is 98.5 Å². The molecule has 1 aliphatic carbocycles. The Bertz CT molecular complexity index is 358. The maximum absolute atomic E-state index is 10.8. The van der Waals surface area contributed by atoms with E-state index in [0.29, 0.717) is 0 Å². The van der Waals surface area contributed by atoms with Crippen molar-refractivity contribution in [2.45, 2.75) is 51.6 Å². The van der Waals surface area contributed by atoms with Crippen LogP contribution in [-0.4, -0.2) is 5.11 Å². The predicted octanol–water partition coefficient (Wildman–Crippen LogP) is 3.78. The lowest BCUT2D eigenvalue weighted by molar-refractivity contribution is 0.0192. The molecule has 2 rings (SSSR count). The van der Waals surface area contributed by atoms with Gasteiger partial charge in [-0.05, 0) is 49.7 Å². The molecule has 0 amide bonds. The highest BCUT2D eigenvalue weighted by molar-refractivity contribution is 5.31. The number of benzene rings is 1. The molecule has 1 saturated carbocycles. The summed E-state index contributed by atoms with van der Waals surface area (Å²) in [6.45, 7) is 4.39. The van der Waals surface area contributed by atoms with Gasteiger partial charge in [0.2, 0.25) is 0 Å². The lowest BCUT2D eigenvalue weighted by Gasteiger charge is -2.29. The molecule has 88 valence electrons. The van der Waals surface area contributed by atoms with Gasteiger partial charge in [-0.25, -0.2) is 0 Å². The average molecular weight is 218 g/mol. The molecule has 0 aliphatic heterocycles. The van der Waals surface area contributed by atoms with Crippen molar-refractivity contribution >= 4 is 0 Å². The standard InChI is InChI=1S/C15H22O/c1-12-6-5-10-15(16,11-9-12)14-8-4-3-7-13(14)2/h3-4,7-8,12,16H,5-6,9-11H2,1-2H3. The maximum atomic E-state index is 10.8. The minimum atomic E-state index is -0.573. The number of aryl methyl sites for hydroxylation is 1. The van der Waals surface area contributed by atoms with E-state index in [1.807, 2.05) is 12.1 Å². The summed E-state index contributed by atoms with van der Waals surface area (Å²) >= 11 is 0. The molecule has 1 aromatic carbocycles. The highest BCUT2D eigenvalue weighted by atomic mass is 16.3. The molecule has 1 aromatic rings. The van der Waals surface area contributed by atoms with Gasteiger partial charge in [0.1, 0.15) is 0 Å². The molecule has 1 heteroatoms. The molecule has 1 fully saturated rings. The Morgan fingerprint density at radius 1 is 1.19 bits per heavy atom. The minimum absolute atomic E-state index is 0.573. The van der Waals surface area contributed by atoms with E-state index < -0.39 is 5.60 Å². The van der Waals surface area contributed by atoms with Crippen molar-refractivity contribution in [3.8, 4) is 0 Å². The zero-order chi connectivity index (χ0) is 11.6. The van der Waals surface area contributed by atoms with Crippen LogP contribution in [0.4, 0.5) is 0 Å². The first kappa shape index (κ1) is 11.7. The van der Waals surface area contributed by atoms with Crippen LogP contribution in [0.15, 0.2) is 24.3 Å². The van der Waals surface area contributed by atoms with Crippen molar-refractivity contribution in [3.63, 3.8) is 0 Å². The van der Waals surface area contributed by atoms with Crippen molar-refractivity contribution < 1.29 is 5.11 Å². The van der Waals surface area contributed by atoms with Crippen LogP contribution in [0.2, 0.25) is 0 Å². The van der Waals surface area contributed by atoms with E-state index in [0.717, 1.165) is 37.2 Å². The van der Waals surface area contributed by atoms with Crippen LogP contribution < -0.4 is 0 Å². The highest BCUT2D eigenvalue weighted by Gasteiger charge is 2.32. The second-order valence-electron chi connectivity index (χ2n) is 5.38. The summed E-state index contributed by atoms with van der Waals surface area (Å²) in [7, 11) is 0. The number of rotatable bonds is 1. The fourth-order valence-electron chi connectivity index (χ4n) is 2.86. The summed E-state index contributed by atoms with van der Waals surface area (Å²) in [6, 6.07) is 8.27. The van der Waals surface area contributed by atoms with E-state index in [1.54, 1.807) is 0 Å². The molecule has 0 bridgehead atoms. The van der Waals surface area contributed by atoms with Crippen molar-refractivity contribution in [1.82, 2.24) is 0 Å². The van der Waals surface area contributed by atoms with Crippen LogP contribution in [0.3, 0.4) is 0 Å². The predicted molar refractivity (Wildman–Crippen MR) is 67.3 cm³/mol. The summed E-state index contributed by atoms with van der Waals surface area (Å²) in [5, 5.41) is 10.8. The normalized spacial score (nSPS) is 31.1. The van der Waals surface area contributed by atoms with Gasteiger partial charge in [0.15, 0.2) is 0 Å². The zero-order valence-electron chi connectivity index (χ0n) is 10.4. The van der Waals surface area contributed by atoms with Gasteiger partial charge >= 0.3 is 0 Å². The van der Waals surface area contributed by atoms with Crippen LogP contribution in [-0.2, 0) is 5.60 Å². The lowest BCUT2D eigenvalue weighted by Crippen LogP contribution is -2.25. The molecular weight excluding hydrogens is 196 g/mol. The molecule has 0 aromatic heterocycles. The smallest absolute Gasteiger partial charge is 0.0899 e. The number of hydrogen-bond acceptors (Lipinski definition) is 1. The Kier molecular flexibility index (Phi) is 3.34. The maximum Gasteiger partial charge on any atom is 0.0899 e. The summed E-state index contributed by atoms with van der Waals surface area (Å²) in [5.41, 5.74) is 1.79. The van der Waals surface area contributed by atoms with Gasteiger partial charge in [-0.1, -0.05) is 37.6 Å². The average Bonchev–Trinajstić information content (AvgIpc) is 2.43. The van der Waals surface area contributed by atoms with E-state index in [-0.39, 0.29) is 0 Å². The Hall–Kier alpha value is -0.820. The molecule has 1 nitrogen and oxygen atoms in total. The molecular formula is C15H22O. The first-order valence-electron chi connectivity index (χ1n) is 6.40. The third-order valence-corrected chi connectivity index (χ3v) is 3.98. The van der Waals surface area contributed by atoms with Crippen molar-refractivity contribution in [2.75, 3.05) is 0 Å². The van der Waals surface area contributed by atoms with E-state index in [9.17, 15) is 5.11 Å². The highest BCUT2D eigenvalue weighted by Crippen LogP contribution is 2.38. The summed E-state index contributed by atoms with van der Waals surface area (Å²) < 4.78 is 0. The monoisotopic (exact) mass is 218 g/mol. The summed E-state index contributed by atoms with van der Waals surface area (Å²) in [6.07, 6.45) is 5.38. The molecule has 0 spiro atoms. The minimum Gasteiger partial charge on any atom is -0.385 e. The summed E-state index contributed by atoms with van der Waals surface area (Å²) in [4.78, 5) is 0. The molecule has 2 atom stereocenters. The van der Waals surface area contributed by atoms with Crippen molar-refractivity contribution in [2.24, 2.45) is 5.92 Å². The Balaban J connectivity index is 2.27. The topological polar surface area (TPSA) is 20.2 Å². The molecule has 16 heavy (non-hydrogen) atoms. The van der Waals surface area contributed by atoms with Gasteiger partial charge in [-0.15, -0.1) is 0 Å². The van der Waals surface area contributed by atoms with Gasteiger partial charge in [0.05, 0.1) is 5.60 Å². The van der Waals surface area contributed by atoms with Gasteiger partial charge in [0, 0.05) is 0 Å². The molecule has 0 radical (unpaired) electrons. The van der Waals surface area contributed by atoms with Crippen molar-refractivity contribution in [3.05, 3.63) is 35.4 Å². The van der Waals surface area contributed by atoms with E-state index in [1.165, 1.54) is 12.0 Å². The molecule has 0 saturated heterocycles. The van der Waals surface area contributed by atoms with Crippen molar-refractivity contribution in [1.29, 1.82) is 0 Å².